The maximum absolute atomic E-state index is 12.2. The van der Waals surface area contributed by atoms with Crippen LogP contribution in [0.1, 0.15) is 24.0 Å². The first kappa shape index (κ1) is 13.6. The van der Waals surface area contributed by atoms with E-state index in [0.29, 0.717) is 18.9 Å². The summed E-state index contributed by atoms with van der Waals surface area (Å²) in [5, 5.41) is 0. The van der Waals surface area contributed by atoms with Gasteiger partial charge in [0.15, 0.2) is 0 Å². The topological polar surface area (TPSA) is 38.8 Å². The Morgan fingerprint density at radius 1 is 1.35 bits per heavy atom. The summed E-state index contributed by atoms with van der Waals surface area (Å²) in [5.41, 5.74) is 2.13. The molecule has 0 aromatic heterocycles. The second-order valence-corrected chi connectivity index (χ2v) is 5.89. The van der Waals surface area contributed by atoms with Gasteiger partial charge < -0.3 is 9.47 Å². The van der Waals surface area contributed by atoms with Gasteiger partial charge in [-0.2, -0.15) is 0 Å². The van der Waals surface area contributed by atoms with E-state index in [9.17, 15) is 4.79 Å². The van der Waals surface area contributed by atoms with Gasteiger partial charge in [-0.15, -0.1) is 0 Å². The highest BCUT2D eigenvalue weighted by atomic mass is 16.5. The number of rotatable bonds is 3. The molecule has 0 amide bonds. The molecule has 4 heteroatoms. The summed E-state index contributed by atoms with van der Waals surface area (Å²) >= 11 is 0. The van der Waals surface area contributed by atoms with Gasteiger partial charge >= 0.3 is 5.97 Å². The smallest absolute Gasteiger partial charge is 0.325 e. The van der Waals surface area contributed by atoms with E-state index < -0.39 is 0 Å². The number of benzene rings is 1. The highest BCUT2D eigenvalue weighted by Gasteiger charge is 2.50. The first-order valence-electron chi connectivity index (χ1n) is 7.20. The van der Waals surface area contributed by atoms with Gasteiger partial charge in [0.05, 0.1) is 19.8 Å². The maximum Gasteiger partial charge on any atom is 0.325 e. The zero-order valence-electron chi connectivity index (χ0n) is 12.1. The second-order valence-electron chi connectivity index (χ2n) is 5.89. The van der Waals surface area contributed by atoms with Crippen molar-refractivity contribution in [1.29, 1.82) is 0 Å². The van der Waals surface area contributed by atoms with Gasteiger partial charge in [0.2, 0.25) is 0 Å². The number of carbonyl (C=O) groups is 1. The predicted octanol–water partition coefficient (Wildman–Crippen LogP) is 2.07. The van der Waals surface area contributed by atoms with Crippen molar-refractivity contribution < 1.29 is 14.3 Å². The number of para-hydroxylation sites is 1. The molecule has 20 heavy (non-hydrogen) atoms. The number of morpholine rings is 1. The quantitative estimate of drug-likeness (QED) is 0.625. The van der Waals surface area contributed by atoms with Gasteiger partial charge in [0.25, 0.3) is 0 Å². The largest absolute Gasteiger partial charge is 0.425 e. The fourth-order valence-electron chi connectivity index (χ4n) is 2.88. The number of hydrogen-bond acceptors (Lipinski definition) is 4. The molecule has 0 radical (unpaired) electrons. The van der Waals surface area contributed by atoms with Crippen LogP contribution in [0.3, 0.4) is 0 Å². The molecule has 1 aromatic carbocycles. The highest BCUT2D eigenvalue weighted by molar-refractivity contribution is 5.75. The molecule has 0 atom stereocenters. The fraction of sp³-hybridized carbons (Fsp3) is 0.562. The molecule has 1 saturated carbocycles. The van der Waals surface area contributed by atoms with Crippen LogP contribution in [0.4, 0.5) is 0 Å². The van der Waals surface area contributed by atoms with E-state index in [1.807, 2.05) is 32.0 Å². The summed E-state index contributed by atoms with van der Waals surface area (Å²) in [4.78, 5) is 14.4. The summed E-state index contributed by atoms with van der Waals surface area (Å²) in [5.74, 6) is 0.534. The predicted molar refractivity (Wildman–Crippen MR) is 75.9 cm³/mol. The second kappa shape index (κ2) is 5.19. The summed E-state index contributed by atoms with van der Waals surface area (Å²) in [6.45, 7) is 6.57. The molecule has 4 nitrogen and oxygen atoms in total. The maximum atomic E-state index is 12.2. The molecule has 1 spiro atoms. The molecular formula is C16H21NO3. The summed E-state index contributed by atoms with van der Waals surface area (Å²) < 4.78 is 11.1. The Hall–Kier alpha value is -1.39. The van der Waals surface area contributed by atoms with E-state index in [1.165, 1.54) is 0 Å². The number of hydrogen-bond donors (Lipinski definition) is 0. The minimum Gasteiger partial charge on any atom is -0.425 e. The Kier molecular flexibility index (Phi) is 3.52. The van der Waals surface area contributed by atoms with E-state index in [2.05, 4.69) is 4.90 Å². The van der Waals surface area contributed by atoms with E-state index >= 15 is 0 Å². The van der Waals surface area contributed by atoms with Gasteiger partial charge in [-0.25, -0.2) is 0 Å². The number of aryl methyl sites for hydroxylation is 2. The van der Waals surface area contributed by atoms with E-state index in [4.69, 9.17) is 9.47 Å². The summed E-state index contributed by atoms with van der Waals surface area (Å²) in [7, 11) is 0. The summed E-state index contributed by atoms with van der Waals surface area (Å²) in [6, 6.07) is 5.91. The average molecular weight is 275 g/mol. The van der Waals surface area contributed by atoms with Gasteiger partial charge in [0.1, 0.15) is 5.75 Å². The Morgan fingerprint density at radius 2 is 2.05 bits per heavy atom. The molecular weight excluding hydrogens is 254 g/mol. The molecule has 108 valence electrons. The van der Waals surface area contributed by atoms with Crippen molar-refractivity contribution in [2.24, 2.45) is 0 Å². The van der Waals surface area contributed by atoms with Crippen molar-refractivity contribution in [3.05, 3.63) is 29.3 Å². The standard InChI is InChI=1S/C16H21NO3/c1-12-4-3-5-13(2)15(12)20-14(18)10-17-8-9-19-11-16(17)6-7-16/h3-5H,6-11H2,1-2H3. The lowest BCUT2D eigenvalue weighted by molar-refractivity contribution is -0.138. The van der Waals surface area contributed by atoms with Crippen LogP contribution < -0.4 is 4.74 Å². The van der Waals surface area contributed by atoms with Crippen LogP contribution in [0.5, 0.6) is 5.75 Å². The van der Waals surface area contributed by atoms with E-state index in [0.717, 1.165) is 37.1 Å². The van der Waals surface area contributed by atoms with E-state index in [-0.39, 0.29) is 11.5 Å². The molecule has 0 N–H and O–H groups in total. The lowest BCUT2D eigenvalue weighted by Crippen LogP contribution is -2.50. The molecule has 1 aromatic rings. The SMILES string of the molecule is Cc1cccc(C)c1OC(=O)CN1CCOCC12CC2. The third-order valence-electron chi connectivity index (χ3n) is 4.32. The molecule has 0 unspecified atom stereocenters. The minimum atomic E-state index is -0.171. The van der Waals surface area contributed by atoms with Crippen LogP contribution in [0.2, 0.25) is 0 Å². The molecule has 0 bridgehead atoms. The lowest BCUT2D eigenvalue weighted by atomic mass is 10.1. The highest BCUT2D eigenvalue weighted by Crippen LogP contribution is 2.43. The molecule has 1 aliphatic carbocycles. The van der Waals surface area contributed by atoms with Crippen molar-refractivity contribution in [3.63, 3.8) is 0 Å². The van der Waals surface area contributed by atoms with Crippen molar-refractivity contribution in [2.45, 2.75) is 32.2 Å². The van der Waals surface area contributed by atoms with Crippen molar-refractivity contribution in [3.8, 4) is 5.75 Å². The van der Waals surface area contributed by atoms with Crippen LogP contribution in [0, 0.1) is 13.8 Å². The van der Waals surface area contributed by atoms with Gasteiger partial charge in [-0.05, 0) is 37.8 Å². The fourth-order valence-corrected chi connectivity index (χ4v) is 2.88. The average Bonchev–Trinajstić information content (AvgIpc) is 3.18. The third-order valence-corrected chi connectivity index (χ3v) is 4.32. The first-order valence-corrected chi connectivity index (χ1v) is 7.20. The Morgan fingerprint density at radius 3 is 2.70 bits per heavy atom. The molecule has 2 aliphatic rings. The normalized spacial score (nSPS) is 20.9. The van der Waals surface area contributed by atoms with Gasteiger partial charge in [0, 0.05) is 12.1 Å². The molecule has 3 rings (SSSR count). The number of carbonyl (C=O) groups excluding carboxylic acids is 1. The van der Waals surface area contributed by atoms with Gasteiger partial charge in [-0.1, -0.05) is 18.2 Å². The number of esters is 1. The van der Waals surface area contributed by atoms with E-state index in [1.54, 1.807) is 0 Å². The van der Waals surface area contributed by atoms with Crippen LogP contribution >= 0.6 is 0 Å². The summed E-state index contributed by atoms with van der Waals surface area (Å²) in [6.07, 6.45) is 2.26. The number of nitrogens with zero attached hydrogens (tertiary/aromatic N) is 1. The molecule has 1 aliphatic heterocycles. The Bertz CT molecular complexity index is 502. The van der Waals surface area contributed by atoms with Crippen LogP contribution in [-0.2, 0) is 9.53 Å². The van der Waals surface area contributed by atoms with Crippen LogP contribution in [0.25, 0.3) is 0 Å². The number of ether oxygens (including phenoxy) is 2. The first-order chi connectivity index (χ1) is 9.61. The minimum absolute atomic E-state index is 0.123. The lowest BCUT2D eigenvalue weighted by Gasteiger charge is -2.35. The van der Waals surface area contributed by atoms with Gasteiger partial charge in [-0.3, -0.25) is 9.69 Å². The Labute approximate surface area is 119 Å². The van der Waals surface area contributed by atoms with Crippen molar-refractivity contribution >= 4 is 5.97 Å². The third kappa shape index (κ3) is 2.58. The Balaban J connectivity index is 1.65. The molecule has 2 fully saturated rings. The van der Waals surface area contributed by atoms with Crippen LogP contribution in [0.15, 0.2) is 18.2 Å². The molecule has 1 saturated heterocycles. The zero-order valence-corrected chi connectivity index (χ0v) is 12.1. The van der Waals surface area contributed by atoms with Crippen molar-refractivity contribution in [2.75, 3.05) is 26.3 Å². The monoisotopic (exact) mass is 275 g/mol. The molecule has 1 heterocycles. The zero-order chi connectivity index (χ0) is 14.2. The van der Waals surface area contributed by atoms with Crippen LogP contribution in [-0.4, -0.2) is 42.7 Å². The van der Waals surface area contributed by atoms with Crippen molar-refractivity contribution in [1.82, 2.24) is 4.90 Å².